The van der Waals surface area contributed by atoms with Gasteiger partial charge in [0.25, 0.3) is 0 Å². The third-order valence-corrected chi connectivity index (χ3v) is 3.49. The Labute approximate surface area is 100 Å². The van der Waals surface area contributed by atoms with E-state index in [0.717, 1.165) is 30.6 Å². The molecule has 0 amide bonds. The van der Waals surface area contributed by atoms with Gasteiger partial charge in [0.15, 0.2) is 0 Å². The fraction of sp³-hybridized carbons (Fsp3) is 0.667. The molecule has 1 heterocycles. The Morgan fingerprint density at radius 1 is 1.44 bits per heavy atom. The minimum absolute atomic E-state index is 0.0472. The molecule has 0 aliphatic heterocycles. The Morgan fingerprint density at radius 3 is 2.69 bits per heavy atom. The Morgan fingerprint density at radius 2 is 2.12 bits per heavy atom. The number of hydrogen-bond acceptors (Lipinski definition) is 4. The molecule has 1 rings (SSSR count). The average Bonchev–Trinajstić information content (AvgIpc) is 2.16. The molecule has 0 aliphatic rings. The van der Waals surface area contributed by atoms with E-state index in [0.29, 0.717) is 10.6 Å². The predicted octanol–water partition coefficient (Wildman–Crippen LogP) is 3.20. The third kappa shape index (κ3) is 3.30. The number of hydrogen-bond donors (Lipinski definition) is 1. The maximum Gasteiger partial charge on any atom is 0.242 e. The highest BCUT2D eigenvalue weighted by Gasteiger charge is 2.16. The van der Waals surface area contributed by atoms with Crippen molar-refractivity contribution in [1.29, 1.82) is 0 Å². The highest BCUT2D eigenvalue weighted by Crippen LogP contribution is 2.26. The van der Waals surface area contributed by atoms with Crippen LogP contribution in [0.15, 0.2) is 4.79 Å². The van der Waals surface area contributed by atoms with Crippen LogP contribution in [0.1, 0.15) is 56.0 Å². The van der Waals surface area contributed by atoms with E-state index in [1.54, 1.807) is 6.92 Å². The number of aryl methyl sites for hydroxylation is 1. The van der Waals surface area contributed by atoms with Gasteiger partial charge in [0.1, 0.15) is 0 Å². The summed E-state index contributed by atoms with van der Waals surface area (Å²) in [4.78, 5) is 15.7. The van der Waals surface area contributed by atoms with Gasteiger partial charge in [0.05, 0.1) is 10.6 Å². The molecule has 3 nitrogen and oxygen atoms in total. The van der Waals surface area contributed by atoms with Gasteiger partial charge in [-0.1, -0.05) is 44.4 Å². The lowest BCUT2D eigenvalue weighted by atomic mass is 9.97. The van der Waals surface area contributed by atoms with E-state index >= 15 is 0 Å². The molecule has 1 N–H and O–H groups in total. The lowest BCUT2D eigenvalue weighted by Crippen LogP contribution is -2.10. The first-order valence-corrected chi connectivity index (χ1v) is 6.58. The van der Waals surface area contributed by atoms with E-state index < -0.39 is 0 Å². The first-order chi connectivity index (χ1) is 7.56. The van der Waals surface area contributed by atoms with Gasteiger partial charge in [-0.3, -0.25) is 4.79 Å². The van der Waals surface area contributed by atoms with Gasteiger partial charge in [-0.05, 0) is 19.3 Å². The van der Waals surface area contributed by atoms with Crippen LogP contribution >= 0.6 is 11.3 Å². The zero-order valence-electron chi connectivity index (χ0n) is 10.1. The Bertz CT molecular complexity index is 400. The molecule has 0 spiro atoms. The molecule has 0 aliphatic carbocycles. The normalized spacial score (nSPS) is 12.7. The lowest BCUT2D eigenvalue weighted by molar-refractivity contribution is 0.436. The zero-order chi connectivity index (χ0) is 12.1. The summed E-state index contributed by atoms with van der Waals surface area (Å²) in [7, 11) is 0. The number of aromatic nitrogens is 1. The number of aromatic hydroxyl groups is 1. The van der Waals surface area contributed by atoms with Crippen LogP contribution < -0.4 is 4.74 Å². The zero-order valence-corrected chi connectivity index (χ0v) is 10.9. The standard InChI is InChI=1S/C12H19NO2S/c1-4-5-6-7-8(2)10-11(14)13-9(3)16-12(10)15/h8,14H,4-7H2,1-3H3. The van der Waals surface area contributed by atoms with E-state index in [1.807, 2.05) is 6.92 Å². The van der Waals surface area contributed by atoms with Crippen LogP contribution in [0.4, 0.5) is 0 Å². The highest BCUT2D eigenvalue weighted by molar-refractivity contribution is 7.09. The van der Waals surface area contributed by atoms with Crippen LogP contribution in [0.5, 0.6) is 5.88 Å². The van der Waals surface area contributed by atoms with Gasteiger partial charge in [0.2, 0.25) is 10.6 Å². The van der Waals surface area contributed by atoms with Gasteiger partial charge in [-0.15, -0.1) is 0 Å². The minimum atomic E-state index is -0.0785. The second-order valence-electron chi connectivity index (χ2n) is 4.15. The second-order valence-corrected chi connectivity index (χ2v) is 5.32. The summed E-state index contributed by atoms with van der Waals surface area (Å²) in [6.07, 6.45) is 4.36. The van der Waals surface area contributed by atoms with Crippen LogP contribution in [0, 0.1) is 6.92 Å². The number of unbranched alkanes of at least 4 members (excludes halogenated alkanes) is 2. The van der Waals surface area contributed by atoms with Crippen LogP contribution in [0.25, 0.3) is 0 Å². The summed E-state index contributed by atoms with van der Waals surface area (Å²) in [5, 5.41) is 10.3. The number of nitrogens with zero attached hydrogens (tertiary/aromatic N) is 1. The molecule has 0 saturated carbocycles. The monoisotopic (exact) mass is 241 g/mol. The molecule has 0 saturated heterocycles. The quantitative estimate of drug-likeness (QED) is 0.805. The fourth-order valence-electron chi connectivity index (χ4n) is 1.78. The van der Waals surface area contributed by atoms with Crippen molar-refractivity contribution >= 4 is 11.3 Å². The van der Waals surface area contributed by atoms with Crippen molar-refractivity contribution in [3.05, 3.63) is 20.1 Å². The van der Waals surface area contributed by atoms with Crippen molar-refractivity contribution in [2.75, 3.05) is 0 Å². The maximum absolute atomic E-state index is 11.8. The summed E-state index contributed by atoms with van der Waals surface area (Å²) in [5.41, 5.74) is 0.492. The topological polar surface area (TPSA) is 50.2 Å². The second kappa shape index (κ2) is 5.99. The Kier molecular flexibility index (Phi) is 4.93. The molecule has 0 bridgehead atoms. The van der Waals surface area contributed by atoms with Crippen molar-refractivity contribution in [2.24, 2.45) is 0 Å². The van der Waals surface area contributed by atoms with Crippen LogP contribution in [-0.4, -0.2) is 10.1 Å². The number of rotatable bonds is 5. The molecular formula is C12H19NO2S. The first-order valence-electron chi connectivity index (χ1n) is 5.76. The summed E-state index contributed by atoms with van der Waals surface area (Å²) < 4.78 is -0.0472. The Hall–Kier alpha value is -0.900. The van der Waals surface area contributed by atoms with Gasteiger partial charge >= 0.3 is 0 Å². The van der Waals surface area contributed by atoms with Crippen molar-refractivity contribution in [1.82, 2.24) is 4.98 Å². The summed E-state index contributed by atoms with van der Waals surface area (Å²) in [5.74, 6) is 0.0219. The average molecular weight is 241 g/mol. The van der Waals surface area contributed by atoms with E-state index in [-0.39, 0.29) is 16.5 Å². The van der Waals surface area contributed by atoms with Crippen molar-refractivity contribution < 1.29 is 5.11 Å². The SMILES string of the molecule is CCCCCC(C)c1c(O)nc(C)sc1=O. The van der Waals surface area contributed by atoms with Crippen molar-refractivity contribution in [3.8, 4) is 5.88 Å². The predicted molar refractivity (Wildman–Crippen MR) is 67.3 cm³/mol. The smallest absolute Gasteiger partial charge is 0.242 e. The van der Waals surface area contributed by atoms with Gasteiger partial charge in [0, 0.05) is 0 Å². The summed E-state index contributed by atoms with van der Waals surface area (Å²) in [6, 6.07) is 0. The van der Waals surface area contributed by atoms with Crippen LogP contribution in [0.3, 0.4) is 0 Å². The molecule has 4 heteroatoms. The summed E-state index contributed by atoms with van der Waals surface area (Å²) >= 11 is 1.11. The van der Waals surface area contributed by atoms with Gasteiger partial charge in [-0.2, -0.15) is 0 Å². The molecule has 16 heavy (non-hydrogen) atoms. The van der Waals surface area contributed by atoms with E-state index in [2.05, 4.69) is 11.9 Å². The first kappa shape index (κ1) is 13.2. The third-order valence-electron chi connectivity index (χ3n) is 2.70. The molecule has 90 valence electrons. The maximum atomic E-state index is 11.8. The van der Waals surface area contributed by atoms with Crippen LogP contribution in [-0.2, 0) is 0 Å². The summed E-state index contributed by atoms with van der Waals surface area (Å²) in [6.45, 7) is 5.86. The fourth-order valence-corrected chi connectivity index (χ4v) is 2.58. The molecule has 0 aromatic carbocycles. The molecule has 0 fully saturated rings. The lowest BCUT2D eigenvalue weighted by Gasteiger charge is -2.11. The molecular weight excluding hydrogens is 222 g/mol. The molecule has 1 aromatic heterocycles. The molecule has 1 atom stereocenters. The van der Waals surface area contributed by atoms with E-state index in [4.69, 9.17) is 0 Å². The molecule has 0 radical (unpaired) electrons. The largest absolute Gasteiger partial charge is 0.493 e. The molecule has 1 aromatic rings. The highest BCUT2D eigenvalue weighted by atomic mass is 32.1. The van der Waals surface area contributed by atoms with Crippen molar-refractivity contribution in [2.45, 2.75) is 52.4 Å². The van der Waals surface area contributed by atoms with E-state index in [1.165, 1.54) is 6.42 Å². The van der Waals surface area contributed by atoms with Gasteiger partial charge < -0.3 is 5.11 Å². The molecule has 1 unspecified atom stereocenters. The van der Waals surface area contributed by atoms with Crippen LogP contribution in [0.2, 0.25) is 0 Å². The van der Waals surface area contributed by atoms with E-state index in [9.17, 15) is 9.90 Å². The van der Waals surface area contributed by atoms with Crippen molar-refractivity contribution in [3.63, 3.8) is 0 Å². The Balaban J connectivity index is 2.83. The minimum Gasteiger partial charge on any atom is -0.493 e. The van der Waals surface area contributed by atoms with Gasteiger partial charge in [-0.25, -0.2) is 4.98 Å².